The van der Waals surface area contributed by atoms with Gasteiger partial charge in [0.1, 0.15) is 29.2 Å². The molecule has 238 valence electrons. The molecule has 0 saturated carbocycles. The highest BCUT2D eigenvalue weighted by molar-refractivity contribution is 5.98. The molecule has 5 aromatic rings. The van der Waals surface area contributed by atoms with Crippen LogP contribution in [0.5, 0.6) is 11.5 Å². The van der Waals surface area contributed by atoms with Crippen LogP contribution in [0.25, 0.3) is 22.2 Å². The number of H-pyrrole nitrogens is 1. The first-order valence-electron chi connectivity index (χ1n) is 15.2. The summed E-state index contributed by atoms with van der Waals surface area (Å²) in [6.07, 6.45) is 2.88. The van der Waals surface area contributed by atoms with Gasteiger partial charge in [-0.2, -0.15) is 0 Å². The normalized spacial score (nSPS) is 18.4. The third-order valence-electron chi connectivity index (χ3n) is 8.25. The zero-order valence-corrected chi connectivity index (χ0v) is 25.5. The summed E-state index contributed by atoms with van der Waals surface area (Å²) < 4.78 is 26.7. The third kappa shape index (κ3) is 6.62. The smallest absolute Gasteiger partial charge is 0.258 e. The topological polar surface area (TPSA) is 139 Å². The van der Waals surface area contributed by atoms with E-state index >= 15 is 0 Å². The number of carbonyl (C=O) groups excluding carboxylic acids is 3. The lowest BCUT2D eigenvalue weighted by Gasteiger charge is -2.39. The van der Waals surface area contributed by atoms with Crippen molar-refractivity contribution in [1.82, 2.24) is 30.5 Å². The quantitative estimate of drug-likeness (QED) is 0.252. The van der Waals surface area contributed by atoms with Gasteiger partial charge in [0.25, 0.3) is 17.7 Å². The Balaban J connectivity index is 1.21. The predicted octanol–water partition coefficient (Wildman–Crippen LogP) is 4.17. The van der Waals surface area contributed by atoms with Crippen LogP contribution >= 0.6 is 0 Å². The second-order valence-corrected chi connectivity index (χ2v) is 11.7. The van der Waals surface area contributed by atoms with E-state index in [2.05, 4.69) is 25.6 Å². The Hall–Kier alpha value is -5.78. The zero-order chi connectivity index (χ0) is 32.5. The fourth-order valence-electron chi connectivity index (χ4n) is 5.95. The van der Waals surface area contributed by atoms with Crippen molar-refractivity contribution < 1.29 is 28.2 Å². The Bertz CT molecular complexity index is 2010. The van der Waals surface area contributed by atoms with Gasteiger partial charge in [-0.25, -0.2) is 9.37 Å². The molecule has 0 spiro atoms. The highest BCUT2D eigenvalue weighted by Gasteiger charge is 2.35. The molecular weight excluding hydrogens is 603 g/mol. The van der Waals surface area contributed by atoms with Gasteiger partial charge in [0.2, 0.25) is 0 Å². The fourth-order valence-corrected chi connectivity index (χ4v) is 5.95. The van der Waals surface area contributed by atoms with Gasteiger partial charge in [-0.1, -0.05) is 12.1 Å². The Morgan fingerprint density at radius 3 is 2.74 bits per heavy atom. The minimum Gasteiger partial charge on any atom is -0.488 e. The van der Waals surface area contributed by atoms with Crippen molar-refractivity contribution in [3.8, 4) is 22.6 Å². The highest BCUT2D eigenvalue weighted by Crippen LogP contribution is 2.27. The SMILES string of the molecule is Cc1nc2ccc(C(=O)N3CC[C@@H]4Oc5cc(F)cc(c5)CNC(=O)COc5cccc(c5)-c5cncc(c5)C(=O)N[C@@H]4C3)cc2[nH]1. The largest absolute Gasteiger partial charge is 0.488 e. The Labute approximate surface area is 269 Å². The number of aromatic amines is 1. The molecule has 2 aliphatic heterocycles. The van der Waals surface area contributed by atoms with Gasteiger partial charge >= 0.3 is 0 Å². The Morgan fingerprint density at radius 1 is 0.979 bits per heavy atom. The van der Waals surface area contributed by atoms with Crippen LogP contribution in [-0.4, -0.2) is 69.4 Å². The van der Waals surface area contributed by atoms with Crippen LogP contribution in [-0.2, 0) is 11.3 Å². The van der Waals surface area contributed by atoms with Gasteiger partial charge in [0.15, 0.2) is 6.61 Å². The summed E-state index contributed by atoms with van der Waals surface area (Å²) in [5, 5.41) is 5.81. The van der Waals surface area contributed by atoms with Crippen LogP contribution < -0.4 is 20.1 Å². The summed E-state index contributed by atoms with van der Waals surface area (Å²) in [5.41, 5.74) is 4.23. The zero-order valence-electron chi connectivity index (χ0n) is 25.5. The van der Waals surface area contributed by atoms with Gasteiger partial charge in [-0.05, 0) is 66.6 Å². The number of aryl methyl sites for hydroxylation is 1. The first kappa shape index (κ1) is 29.9. The van der Waals surface area contributed by atoms with Crippen molar-refractivity contribution >= 4 is 28.8 Å². The molecule has 12 heteroatoms. The Kier molecular flexibility index (Phi) is 7.98. The monoisotopic (exact) mass is 634 g/mol. The number of benzene rings is 3. The van der Waals surface area contributed by atoms with E-state index in [-0.39, 0.29) is 37.3 Å². The molecule has 11 nitrogen and oxygen atoms in total. The van der Waals surface area contributed by atoms with E-state index in [0.29, 0.717) is 41.0 Å². The molecular formula is C35H31FN6O5. The molecule has 2 atom stereocenters. The van der Waals surface area contributed by atoms with E-state index in [0.717, 1.165) is 22.4 Å². The van der Waals surface area contributed by atoms with Crippen LogP contribution in [0.4, 0.5) is 4.39 Å². The summed E-state index contributed by atoms with van der Waals surface area (Å²) in [6.45, 7) is 2.17. The number of nitrogens with one attached hydrogen (secondary N) is 3. The van der Waals surface area contributed by atoms with Gasteiger partial charge in [0.05, 0.1) is 22.6 Å². The second-order valence-electron chi connectivity index (χ2n) is 11.7. The van der Waals surface area contributed by atoms with Gasteiger partial charge in [0, 0.05) is 55.6 Å². The summed E-state index contributed by atoms with van der Waals surface area (Å²) >= 11 is 0. The van der Waals surface area contributed by atoms with Crippen LogP contribution in [0.1, 0.15) is 38.5 Å². The van der Waals surface area contributed by atoms with Crippen LogP contribution in [0.15, 0.2) is 79.1 Å². The predicted molar refractivity (Wildman–Crippen MR) is 170 cm³/mol. The number of ether oxygens (including phenoxy) is 2. The molecule has 2 aromatic heterocycles. The molecule has 1 saturated heterocycles. The molecule has 0 radical (unpaired) electrons. The molecule has 6 bridgehead atoms. The standard InChI is InChI=1S/C35H31FN6O5/c1-20-39-29-6-5-23(13-30(29)40-20)35(45)42-8-7-32-31(18-42)41-34(44)25-11-24(16-37-17-25)22-3-2-4-27(12-22)46-19-33(43)38-15-21-9-26(36)14-28(10-21)47-32/h2-6,9-14,16-17,31-32H,7-8,15,18-19H2,1H3,(H,38,43)(H,39,40)(H,41,44)/t31-,32+/m1/s1. The third-order valence-corrected chi connectivity index (χ3v) is 8.25. The molecule has 2 aliphatic rings. The fraction of sp³-hybridized carbons (Fsp3) is 0.229. The highest BCUT2D eigenvalue weighted by atomic mass is 19.1. The second kappa shape index (κ2) is 12.5. The summed E-state index contributed by atoms with van der Waals surface area (Å²) in [6, 6.07) is 17.7. The number of imidazole rings is 1. The number of hydrogen-bond acceptors (Lipinski definition) is 7. The molecule has 4 heterocycles. The first-order chi connectivity index (χ1) is 22.8. The number of aromatic nitrogens is 3. The minimum atomic E-state index is -0.646. The van der Waals surface area contributed by atoms with Crippen LogP contribution in [0.2, 0.25) is 0 Å². The van der Waals surface area contributed by atoms with Crippen LogP contribution in [0.3, 0.4) is 0 Å². The molecule has 3 amide bonds. The molecule has 7 rings (SSSR count). The maximum Gasteiger partial charge on any atom is 0.258 e. The van der Waals surface area contributed by atoms with Crippen molar-refractivity contribution in [2.24, 2.45) is 0 Å². The average molecular weight is 635 g/mol. The number of pyridine rings is 1. The van der Waals surface area contributed by atoms with Crippen molar-refractivity contribution in [2.75, 3.05) is 19.7 Å². The van der Waals surface area contributed by atoms with Crippen molar-refractivity contribution in [2.45, 2.75) is 32.0 Å². The van der Waals surface area contributed by atoms with Crippen molar-refractivity contribution in [1.29, 1.82) is 0 Å². The maximum absolute atomic E-state index is 14.7. The van der Waals surface area contributed by atoms with Crippen LogP contribution in [0, 0.1) is 12.7 Å². The lowest BCUT2D eigenvalue weighted by atomic mass is 9.99. The number of halogens is 1. The van der Waals surface area contributed by atoms with Gasteiger partial charge in [-0.15, -0.1) is 0 Å². The number of hydrogen-bond donors (Lipinski definition) is 3. The number of amides is 3. The minimum absolute atomic E-state index is 0.0567. The molecule has 1 fully saturated rings. The van der Waals surface area contributed by atoms with Gasteiger partial charge < -0.3 is 30.0 Å². The lowest BCUT2D eigenvalue weighted by molar-refractivity contribution is -0.123. The van der Waals surface area contributed by atoms with E-state index < -0.39 is 23.9 Å². The molecule has 3 N–H and O–H groups in total. The molecule has 0 aliphatic carbocycles. The number of fused-ring (bicyclic) bond motifs is 9. The average Bonchev–Trinajstić information content (AvgIpc) is 3.45. The maximum atomic E-state index is 14.7. The Morgan fingerprint density at radius 2 is 1.85 bits per heavy atom. The number of rotatable bonds is 1. The number of piperidine rings is 1. The first-order valence-corrected chi connectivity index (χ1v) is 15.2. The number of likely N-dealkylation sites (tertiary alicyclic amines) is 1. The summed E-state index contributed by atoms with van der Waals surface area (Å²) in [5.74, 6) is -0.0570. The van der Waals surface area contributed by atoms with E-state index in [9.17, 15) is 18.8 Å². The van der Waals surface area contributed by atoms with Gasteiger partial charge in [-0.3, -0.25) is 19.4 Å². The van der Waals surface area contributed by atoms with E-state index in [1.165, 1.54) is 18.3 Å². The summed E-state index contributed by atoms with van der Waals surface area (Å²) in [4.78, 5) is 53.5. The molecule has 47 heavy (non-hydrogen) atoms. The lowest BCUT2D eigenvalue weighted by Crippen LogP contribution is -2.58. The molecule has 3 aromatic carbocycles. The van der Waals surface area contributed by atoms with E-state index in [4.69, 9.17) is 9.47 Å². The van der Waals surface area contributed by atoms with Crippen molar-refractivity contribution in [3.63, 3.8) is 0 Å². The van der Waals surface area contributed by atoms with E-state index in [1.807, 2.05) is 13.0 Å². The summed E-state index contributed by atoms with van der Waals surface area (Å²) in [7, 11) is 0. The molecule has 0 unspecified atom stereocenters. The number of carbonyl (C=O) groups is 3. The van der Waals surface area contributed by atoms with Crippen molar-refractivity contribution in [3.05, 3.63) is 107 Å². The van der Waals surface area contributed by atoms with E-state index in [1.54, 1.807) is 59.6 Å². The number of nitrogens with zero attached hydrogens (tertiary/aromatic N) is 3.